The van der Waals surface area contributed by atoms with E-state index in [-0.39, 0.29) is 22.4 Å². The molecule has 2 amide bonds. The molecule has 8 heteroatoms. The number of carbonyl (C=O) groups is 3. The van der Waals surface area contributed by atoms with Gasteiger partial charge in [0.1, 0.15) is 6.10 Å². The number of imide groups is 1. The summed E-state index contributed by atoms with van der Waals surface area (Å²) in [6.45, 7) is 0. The van der Waals surface area contributed by atoms with Gasteiger partial charge in [0.15, 0.2) is 17.5 Å². The van der Waals surface area contributed by atoms with Gasteiger partial charge < -0.3 is 19.7 Å². The Morgan fingerprint density at radius 3 is 2.00 bits per heavy atom. The molecule has 0 fully saturated rings. The van der Waals surface area contributed by atoms with Crippen LogP contribution in [0.5, 0.6) is 11.5 Å². The minimum atomic E-state index is -1.80. The van der Waals surface area contributed by atoms with Crippen molar-refractivity contribution in [1.29, 1.82) is 0 Å². The van der Waals surface area contributed by atoms with Crippen LogP contribution in [0.1, 0.15) is 32.4 Å². The molecule has 2 N–H and O–H groups in total. The summed E-state index contributed by atoms with van der Waals surface area (Å²) in [5.41, 5.74) is 0.373. The summed E-state index contributed by atoms with van der Waals surface area (Å²) in [7, 11) is 2.83. The van der Waals surface area contributed by atoms with E-state index in [4.69, 9.17) is 9.47 Å². The number of hydrogen-bond acceptors (Lipinski definition) is 6. The first-order chi connectivity index (χ1) is 12.9. The number of fused-ring (bicyclic) bond motifs is 1. The van der Waals surface area contributed by atoms with Crippen molar-refractivity contribution in [2.45, 2.75) is 12.1 Å². The van der Waals surface area contributed by atoms with Crippen molar-refractivity contribution in [3.63, 3.8) is 0 Å². The lowest BCUT2D eigenvalue weighted by molar-refractivity contribution is -0.145. The quantitative estimate of drug-likeness (QED) is 0.740. The van der Waals surface area contributed by atoms with E-state index in [1.54, 1.807) is 12.1 Å². The maximum atomic E-state index is 12.6. The molecule has 0 bridgehead atoms. The monoisotopic (exact) mass is 371 g/mol. The van der Waals surface area contributed by atoms with Crippen molar-refractivity contribution < 1.29 is 34.1 Å². The van der Waals surface area contributed by atoms with Gasteiger partial charge in [-0.3, -0.25) is 14.5 Å². The van der Waals surface area contributed by atoms with Gasteiger partial charge >= 0.3 is 5.97 Å². The number of hydrogen-bond donors (Lipinski definition) is 2. The van der Waals surface area contributed by atoms with Crippen molar-refractivity contribution in [2.24, 2.45) is 0 Å². The molecule has 27 heavy (non-hydrogen) atoms. The van der Waals surface area contributed by atoms with Crippen LogP contribution in [-0.2, 0) is 4.79 Å². The summed E-state index contributed by atoms with van der Waals surface area (Å²) in [6.07, 6.45) is -1.66. The topological polar surface area (TPSA) is 113 Å². The average molecular weight is 371 g/mol. The Hall–Kier alpha value is -3.39. The van der Waals surface area contributed by atoms with Gasteiger partial charge in [0.05, 0.1) is 25.3 Å². The zero-order valence-electron chi connectivity index (χ0n) is 14.6. The molecule has 2 aromatic rings. The molecular formula is C19H17NO7. The Morgan fingerprint density at radius 2 is 1.52 bits per heavy atom. The van der Waals surface area contributed by atoms with Crippen LogP contribution < -0.4 is 9.47 Å². The van der Waals surface area contributed by atoms with E-state index in [9.17, 15) is 24.6 Å². The summed E-state index contributed by atoms with van der Waals surface area (Å²) >= 11 is 0. The maximum absolute atomic E-state index is 12.6. The van der Waals surface area contributed by atoms with Crippen molar-refractivity contribution in [3.05, 3.63) is 59.2 Å². The zero-order chi connectivity index (χ0) is 19.7. The lowest BCUT2D eigenvalue weighted by Crippen LogP contribution is -2.48. The number of amides is 2. The number of carboxylic acid groups (broad SMARTS) is 1. The number of rotatable bonds is 6. The summed E-state index contributed by atoms with van der Waals surface area (Å²) in [4.78, 5) is 37.6. The van der Waals surface area contributed by atoms with Crippen molar-refractivity contribution >= 4 is 17.8 Å². The average Bonchev–Trinajstić information content (AvgIpc) is 2.92. The lowest BCUT2D eigenvalue weighted by atomic mass is 10.00. The third kappa shape index (κ3) is 3.00. The molecule has 0 spiro atoms. The number of carbonyl (C=O) groups excluding carboxylic acids is 2. The van der Waals surface area contributed by atoms with Crippen LogP contribution in [0, 0.1) is 0 Å². The molecule has 0 radical (unpaired) electrons. The van der Waals surface area contributed by atoms with E-state index in [1.807, 2.05) is 0 Å². The Morgan fingerprint density at radius 1 is 0.963 bits per heavy atom. The number of carboxylic acids is 1. The number of methoxy groups -OCH3 is 2. The fourth-order valence-corrected chi connectivity index (χ4v) is 3.07. The molecule has 0 saturated carbocycles. The summed E-state index contributed by atoms with van der Waals surface area (Å²) < 4.78 is 10.3. The highest BCUT2D eigenvalue weighted by atomic mass is 16.5. The van der Waals surface area contributed by atoms with Gasteiger partial charge in [0.2, 0.25) is 0 Å². The van der Waals surface area contributed by atoms with E-state index in [2.05, 4.69) is 0 Å². The molecule has 2 aromatic carbocycles. The molecule has 1 aliphatic rings. The SMILES string of the molecule is COc1ccc(C(O)C(C(=O)O)N2C(=O)c3ccccc3C2=O)cc1OC. The number of aliphatic hydroxyl groups excluding tert-OH is 1. The molecule has 0 saturated heterocycles. The number of ether oxygens (including phenoxy) is 2. The van der Waals surface area contributed by atoms with E-state index in [0.29, 0.717) is 10.6 Å². The van der Waals surface area contributed by atoms with Gasteiger partial charge in [-0.1, -0.05) is 18.2 Å². The highest BCUT2D eigenvalue weighted by Crippen LogP contribution is 2.34. The first-order valence-corrected chi connectivity index (χ1v) is 8.00. The number of aliphatic hydroxyl groups is 1. The van der Waals surface area contributed by atoms with E-state index in [0.717, 1.165) is 0 Å². The van der Waals surface area contributed by atoms with Gasteiger partial charge in [-0.15, -0.1) is 0 Å². The van der Waals surface area contributed by atoms with E-state index < -0.39 is 29.9 Å². The Bertz CT molecular complexity index is 889. The Labute approximate surface area is 154 Å². The Kier molecular flexibility index (Phi) is 4.83. The van der Waals surface area contributed by atoms with E-state index in [1.165, 1.54) is 44.6 Å². The molecule has 1 heterocycles. The molecule has 0 aliphatic carbocycles. The smallest absolute Gasteiger partial charge is 0.330 e. The van der Waals surface area contributed by atoms with E-state index >= 15 is 0 Å². The number of nitrogens with zero attached hydrogens (tertiary/aromatic N) is 1. The number of benzene rings is 2. The van der Waals surface area contributed by atoms with Crippen LogP contribution in [0.25, 0.3) is 0 Å². The second-order valence-corrected chi connectivity index (χ2v) is 5.87. The maximum Gasteiger partial charge on any atom is 0.330 e. The molecule has 8 nitrogen and oxygen atoms in total. The fourth-order valence-electron chi connectivity index (χ4n) is 3.07. The lowest BCUT2D eigenvalue weighted by Gasteiger charge is -2.27. The Balaban J connectivity index is 2.01. The third-order valence-corrected chi connectivity index (χ3v) is 4.40. The molecule has 3 rings (SSSR count). The highest BCUT2D eigenvalue weighted by Gasteiger charge is 2.46. The van der Waals surface area contributed by atoms with Gasteiger partial charge in [-0.2, -0.15) is 0 Å². The van der Waals surface area contributed by atoms with Gasteiger partial charge in [0, 0.05) is 0 Å². The molecule has 1 aliphatic heterocycles. The zero-order valence-corrected chi connectivity index (χ0v) is 14.6. The molecular weight excluding hydrogens is 354 g/mol. The molecule has 2 unspecified atom stereocenters. The highest BCUT2D eigenvalue weighted by molar-refractivity contribution is 6.22. The van der Waals surface area contributed by atoms with Crippen molar-refractivity contribution in [3.8, 4) is 11.5 Å². The molecule has 2 atom stereocenters. The predicted molar refractivity (Wildman–Crippen MR) is 92.9 cm³/mol. The largest absolute Gasteiger partial charge is 0.493 e. The first-order valence-electron chi connectivity index (χ1n) is 8.00. The second kappa shape index (κ2) is 7.08. The first kappa shape index (κ1) is 18.4. The van der Waals surface area contributed by atoms with Crippen LogP contribution in [0.15, 0.2) is 42.5 Å². The van der Waals surface area contributed by atoms with Crippen LogP contribution >= 0.6 is 0 Å². The normalized spacial score (nSPS) is 15.3. The van der Waals surface area contributed by atoms with Crippen LogP contribution in [-0.4, -0.2) is 53.2 Å². The predicted octanol–water partition coefficient (Wildman–Crippen LogP) is 1.49. The minimum absolute atomic E-state index is 0.105. The van der Waals surface area contributed by atoms with Gasteiger partial charge in [-0.05, 0) is 29.8 Å². The van der Waals surface area contributed by atoms with Crippen LogP contribution in [0.4, 0.5) is 0 Å². The molecule has 140 valence electrons. The van der Waals surface area contributed by atoms with Crippen LogP contribution in [0.3, 0.4) is 0 Å². The standard InChI is InChI=1S/C19H17NO7/c1-26-13-8-7-10(9-14(13)27-2)16(21)15(19(24)25)20-17(22)11-5-3-4-6-12(11)18(20)23/h3-9,15-16,21H,1-2H3,(H,24,25). The van der Waals surface area contributed by atoms with Gasteiger partial charge in [0.25, 0.3) is 11.8 Å². The van der Waals surface area contributed by atoms with Gasteiger partial charge in [-0.25, -0.2) is 4.79 Å². The summed E-state index contributed by atoms with van der Waals surface area (Å²) in [5, 5.41) is 20.3. The summed E-state index contributed by atoms with van der Waals surface area (Å²) in [6, 6.07) is 8.59. The van der Waals surface area contributed by atoms with Crippen molar-refractivity contribution in [2.75, 3.05) is 14.2 Å². The number of aliphatic carboxylic acids is 1. The molecule has 0 aromatic heterocycles. The second-order valence-electron chi connectivity index (χ2n) is 5.87. The summed E-state index contributed by atoms with van der Waals surface area (Å²) in [5.74, 6) is -2.36. The van der Waals surface area contributed by atoms with Crippen molar-refractivity contribution in [1.82, 2.24) is 4.90 Å². The third-order valence-electron chi connectivity index (χ3n) is 4.40. The fraction of sp³-hybridized carbons (Fsp3) is 0.211. The van der Waals surface area contributed by atoms with Crippen LogP contribution in [0.2, 0.25) is 0 Å². The minimum Gasteiger partial charge on any atom is -0.493 e.